The van der Waals surface area contributed by atoms with Crippen LogP contribution in [0.4, 0.5) is 0 Å². The highest BCUT2D eigenvalue weighted by molar-refractivity contribution is 4.38. The first-order chi connectivity index (χ1) is 8.41. The zero-order chi connectivity index (χ0) is 12.6. The lowest BCUT2D eigenvalue weighted by Gasteiger charge is -2.06. The van der Waals surface area contributed by atoms with Gasteiger partial charge in [0.25, 0.3) is 0 Å². The predicted octanol–water partition coefficient (Wildman–Crippen LogP) is 1.11. The van der Waals surface area contributed by atoms with Gasteiger partial charge in [-0.25, -0.2) is 0 Å². The molecular weight excluding hydrogens is 224 g/mol. The van der Waals surface area contributed by atoms with Crippen LogP contribution in [0.25, 0.3) is 0 Å². The Morgan fingerprint density at radius 2 is 0.882 bits per heavy atom. The van der Waals surface area contributed by atoms with E-state index < -0.39 is 0 Å². The van der Waals surface area contributed by atoms with Crippen molar-refractivity contribution in [2.45, 2.75) is 12.8 Å². The highest BCUT2D eigenvalue weighted by atomic mass is 16.6. The summed E-state index contributed by atoms with van der Waals surface area (Å²) in [5, 5.41) is 0. The van der Waals surface area contributed by atoms with Crippen LogP contribution in [0.2, 0.25) is 0 Å². The number of unbranched alkanes of at least 4 members (excludes halogenated alkanes) is 1. The Labute approximate surface area is 104 Å². The van der Waals surface area contributed by atoms with Crippen LogP contribution in [-0.2, 0) is 23.7 Å². The smallest absolute Gasteiger partial charge is 0.0701 e. The van der Waals surface area contributed by atoms with Crippen LogP contribution in [0.3, 0.4) is 0 Å². The fourth-order valence-electron chi connectivity index (χ4n) is 1.13. The van der Waals surface area contributed by atoms with E-state index in [0.29, 0.717) is 39.6 Å². The second kappa shape index (κ2) is 15.8. The third kappa shape index (κ3) is 15.8. The van der Waals surface area contributed by atoms with E-state index in [1.54, 1.807) is 14.2 Å². The number of hydrogen-bond donors (Lipinski definition) is 0. The second-order valence-corrected chi connectivity index (χ2v) is 3.53. The van der Waals surface area contributed by atoms with Crippen LogP contribution in [0.5, 0.6) is 0 Å². The summed E-state index contributed by atoms with van der Waals surface area (Å²) < 4.78 is 25.7. The third-order valence-corrected chi connectivity index (χ3v) is 2.06. The van der Waals surface area contributed by atoms with E-state index >= 15 is 0 Å². The van der Waals surface area contributed by atoms with Gasteiger partial charge in [-0.1, -0.05) is 0 Å². The predicted molar refractivity (Wildman–Crippen MR) is 65.4 cm³/mol. The van der Waals surface area contributed by atoms with Crippen molar-refractivity contribution < 1.29 is 23.7 Å². The molecule has 5 heteroatoms. The molecule has 0 aromatic rings. The van der Waals surface area contributed by atoms with E-state index in [9.17, 15) is 0 Å². The average Bonchev–Trinajstić information content (AvgIpc) is 2.35. The highest BCUT2D eigenvalue weighted by Crippen LogP contribution is 1.90. The number of ether oxygens (including phenoxy) is 5. The molecule has 0 unspecified atom stereocenters. The molecule has 0 N–H and O–H groups in total. The van der Waals surface area contributed by atoms with Crippen molar-refractivity contribution in [2.24, 2.45) is 0 Å². The van der Waals surface area contributed by atoms with Gasteiger partial charge < -0.3 is 23.7 Å². The third-order valence-electron chi connectivity index (χ3n) is 2.06. The minimum atomic E-state index is 0.608. The summed E-state index contributed by atoms with van der Waals surface area (Å²) in [4.78, 5) is 0. The molecule has 0 atom stereocenters. The molecule has 0 heterocycles. The molecule has 0 aliphatic heterocycles. The molecule has 5 nitrogen and oxygen atoms in total. The normalized spacial score (nSPS) is 10.9. The fraction of sp³-hybridized carbons (Fsp3) is 1.00. The standard InChI is InChI=1S/C12H26O5/c1-13-5-3-4-6-15-9-10-17-12-11-16-8-7-14-2/h3-12H2,1-2H3. The maximum atomic E-state index is 5.38. The molecule has 0 spiro atoms. The van der Waals surface area contributed by atoms with Gasteiger partial charge in [0.2, 0.25) is 0 Å². The molecule has 0 fully saturated rings. The van der Waals surface area contributed by atoms with Crippen molar-refractivity contribution in [3.05, 3.63) is 0 Å². The maximum absolute atomic E-state index is 5.38. The van der Waals surface area contributed by atoms with Gasteiger partial charge in [-0.3, -0.25) is 0 Å². The van der Waals surface area contributed by atoms with Gasteiger partial charge in [0.1, 0.15) is 0 Å². The van der Waals surface area contributed by atoms with Gasteiger partial charge in [-0.2, -0.15) is 0 Å². The molecule has 0 aliphatic rings. The van der Waals surface area contributed by atoms with Crippen molar-refractivity contribution in [1.82, 2.24) is 0 Å². The Kier molecular flexibility index (Phi) is 15.6. The fourth-order valence-corrected chi connectivity index (χ4v) is 1.13. The monoisotopic (exact) mass is 250 g/mol. The van der Waals surface area contributed by atoms with E-state index in [4.69, 9.17) is 23.7 Å². The number of rotatable bonds is 14. The van der Waals surface area contributed by atoms with E-state index in [0.717, 1.165) is 26.1 Å². The van der Waals surface area contributed by atoms with Crippen molar-refractivity contribution >= 4 is 0 Å². The van der Waals surface area contributed by atoms with Crippen LogP contribution in [0, 0.1) is 0 Å². The van der Waals surface area contributed by atoms with Crippen molar-refractivity contribution in [3.63, 3.8) is 0 Å². The Balaban J connectivity index is 2.85. The first-order valence-electron chi connectivity index (χ1n) is 6.13. The van der Waals surface area contributed by atoms with E-state index in [1.807, 2.05) is 0 Å². The SMILES string of the molecule is COCCCCOCCOCCOCCOC. The molecule has 0 saturated heterocycles. The Bertz CT molecular complexity index is 118. The Morgan fingerprint density at radius 1 is 0.471 bits per heavy atom. The largest absolute Gasteiger partial charge is 0.385 e. The summed E-state index contributed by atoms with van der Waals surface area (Å²) in [5.74, 6) is 0. The van der Waals surface area contributed by atoms with Gasteiger partial charge in [-0.15, -0.1) is 0 Å². The summed E-state index contributed by atoms with van der Waals surface area (Å²) in [7, 11) is 3.37. The molecule has 0 aromatic heterocycles. The molecule has 0 amide bonds. The molecule has 17 heavy (non-hydrogen) atoms. The molecule has 0 rings (SSSR count). The molecule has 0 radical (unpaired) electrons. The minimum Gasteiger partial charge on any atom is -0.385 e. The van der Waals surface area contributed by atoms with Gasteiger partial charge in [0.15, 0.2) is 0 Å². The van der Waals surface area contributed by atoms with Crippen LogP contribution in [-0.4, -0.2) is 67.1 Å². The Hall–Kier alpha value is -0.200. The maximum Gasteiger partial charge on any atom is 0.0701 e. The van der Waals surface area contributed by atoms with Crippen LogP contribution < -0.4 is 0 Å². The molecule has 104 valence electrons. The molecular formula is C12H26O5. The lowest BCUT2D eigenvalue weighted by atomic mass is 10.3. The van der Waals surface area contributed by atoms with Crippen molar-refractivity contribution in [2.75, 3.05) is 67.1 Å². The van der Waals surface area contributed by atoms with E-state index in [2.05, 4.69) is 0 Å². The van der Waals surface area contributed by atoms with E-state index in [1.165, 1.54) is 0 Å². The molecule has 0 aromatic carbocycles. The lowest BCUT2D eigenvalue weighted by Crippen LogP contribution is -2.11. The first-order valence-corrected chi connectivity index (χ1v) is 6.13. The number of hydrogen-bond acceptors (Lipinski definition) is 5. The summed E-state index contributed by atoms with van der Waals surface area (Å²) in [5.41, 5.74) is 0. The number of methoxy groups -OCH3 is 2. The highest BCUT2D eigenvalue weighted by Gasteiger charge is 1.92. The summed E-state index contributed by atoms with van der Waals surface area (Å²) in [6.45, 7) is 5.31. The zero-order valence-corrected chi connectivity index (χ0v) is 11.1. The van der Waals surface area contributed by atoms with Gasteiger partial charge in [-0.05, 0) is 12.8 Å². The molecule has 0 aliphatic carbocycles. The summed E-state index contributed by atoms with van der Waals surface area (Å²) in [6, 6.07) is 0. The van der Waals surface area contributed by atoms with Gasteiger partial charge in [0.05, 0.1) is 39.6 Å². The minimum absolute atomic E-state index is 0.608. The molecule has 0 bridgehead atoms. The van der Waals surface area contributed by atoms with Gasteiger partial charge >= 0.3 is 0 Å². The lowest BCUT2D eigenvalue weighted by molar-refractivity contribution is 0.00282. The van der Waals surface area contributed by atoms with Crippen LogP contribution in [0.15, 0.2) is 0 Å². The van der Waals surface area contributed by atoms with E-state index in [-0.39, 0.29) is 0 Å². The zero-order valence-electron chi connectivity index (χ0n) is 11.1. The summed E-state index contributed by atoms with van der Waals surface area (Å²) in [6.07, 6.45) is 2.08. The topological polar surface area (TPSA) is 46.2 Å². The Morgan fingerprint density at radius 3 is 1.41 bits per heavy atom. The van der Waals surface area contributed by atoms with Crippen LogP contribution in [0.1, 0.15) is 12.8 Å². The van der Waals surface area contributed by atoms with Crippen LogP contribution >= 0.6 is 0 Å². The van der Waals surface area contributed by atoms with Gasteiger partial charge in [0, 0.05) is 27.4 Å². The quantitative estimate of drug-likeness (QED) is 0.432. The molecule has 0 saturated carbocycles. The average molecular weight is 250 g/mol. The summed E-state index contributed by atoms with van der Waals surface area (Å²) >= 11 is 0. The first kappa shape index (κ1) is 16.8. The van der Waals surface area contributed by atoms with Crippen molar-refractivity contribution in [3.8, 4) is 0 Å². The second-order valence-electron chi connectivity index (χ2n) is 3.53. The van der Waals surface area contributed by atoms with Crippen molar-refractivity contribution in [1.29, 1.82) is 0 Å².